The van der Waals surface area contributed by atoms with Gasteiger partial charge in [0.05, 0.1) is 18.8 Å². The summed E-state index contributed by atoms with van der Waals surface area (Å²) in [5.41, 5.74) is 2.27. The van der Waals surface area contributed by atoms with Crippen molar-refractivity contribution in [1.29, 1.82) is 0 Å². The van der Waals surface area contributed by atoms with Crippen molar-refractivity contribution in [2.45, 2.75) is 13.0 Å². The summed E-state index contributed by atoms with van der Waals surface area (Å²) >= 11 is 3.41. The Morgan fingerprint density at radius 2 is 1.80 bits per heavy atom. The number of hydrogen-bond donors (Lipinski definition) is 1. The molecule has 6 heteroatoms. The molecule has 0 aliphatic carbocycles. The van der Waals surface area contributed by atoms with Crippen LogP contribution in [-0.4, -0.2) is 22.8 Å². The average Bonchev–Trinajstić information content (AvgIpc) is 3.12. The van der Waals surface area contributed by atoms with E-state index in [1.54, 1.807) is 24.1 Å². The zero-order valence-electron chi connectivity index (χ0n) is 13.9. The lowest BCUT2D eigenvalue weighted by molar-refractivity contribution is 0.0934. The highest BCUT2D eigenvalue weighted by atomic mass is 79.9. The molecule has 3 rings (SSSR count). The number of halogens is 1. The lowest BCUT2D eigenvalue weighted by Crippen LogP contribution is -2.27. The Morgan fingerprint density at radius 1 is 1.12 bits per heavy atom. The van der Waals surface area contributed by atoms with E-state index < -0.39 is 0 Å². The van der Waals surface area contributed by atoms with Crippen molar-refractivity contribution >= 4 is 21.8 Å². The first-order valence-electron chi connectivity index (χ1n) is 7.83. The van der Waals surface area contributed by atoms with E-state index in [2.05, 4.69) is 26.3 Å². The van der Waals surface area contributed by atoms with E-state index in [9.17, 15) is 4.79 Å². The molecule has 0 fully saturated rings. The number of methoxy groups -OCH3 is 1. The van der Waals surface area contributed by atoms with Crippen molar-refractivity contribution in [2.75, 3.05) is 7.11 Å². The first-order chi connectivity index (χ1) is 12.1. The third-order valence-electron chi connectivity index (χ3n) is 3.88. The lowest BCUT2D eigenvalue weighted by Gasteiger charge is -2.13. The molecule has 3 aromatic rings. The van der Waals surface area contributed by atoms with Gasteiger partial charge in [-0.15, -0.1) is 0 Å². The summed E-state index contributed by atoms with van der Waals surface area (Å²) in [5.74, 6) is 0.569. The van der Waals surface area contributed by atoms with Crippen LogP contribution in [-0.2, 0) is 0 Å². The third kappa shape index (κ3) is 4.09. The van der Waals surface area contributed by atoms with Gasteiger partial charge in [-0.05, 0) is 55.0 Å². The molecule has 1 atom stereocenters. The van der Waals surface area contributed by atoms with E-state index >= 15 is 0 Å². The second kappa shape index (κ2) is 7.53. The zero-order chi connectivity index (χ0) is 17.8. The number of carbonyl (C=O) groups is 1. The van der Waals surface area contributed by atoms with Crippen LogP contribution in [0.5, 0.6) is 5.75 Å². The van der Waals surface area contributed by atoms with Gasteiger partial charge in [-0.2, -0.15) is 5.10 Å². The topological polar surface area (TPSA) is 56.1 Å². The first-order valence-corrected chi connectivity index (χ1v) is 8.62. The van der Waals surface area contributed by atoms with E-state index in [1.807, 2.05) is 55.5 Å². The van der Waals surface area contributed by atoms with Crippen LogP contribution in [0, 0.1) is 0 Å². The van der Waals surface area contributed by atoms with Crippen molar-refractivity contribution in [1.82, 2.24) is 15.1 Å². The van der Waals surface area contributed by atoms with Gasteiger partial charge in [0.25, 0.3) is 5.91 Å². The number of carbonyl (C=O) groups excluding carboxylic acids is 1. The molecule has 0 saturated carbocycles. The summed E-state index contributed by atoms with van der Waals surface area (Å²) in [6.07, 6.45) is 1.76. The molecule has 0 aliphatic heterocycles. The predicted molar refractivity (Wildman–Crippen MR) is 100 cm³/mol. The SMILES string of the molecule is COc1ccc(-n2ccc(C(=O)NC(C)c3ccc(Br)cc3)n2)cc1. The van der Waals surface area contributed by atoms with E-state index in [1.165, 1.54) is 0 Å². The summed E-state index contributed by atoms with van der Waals surface area (Å²) in [6.45, 7) is 1.95. The second-order valence-electron chi connectivity index (χ2n) is 5.59. The van der Waals surface area contributed by atoms with Gasteiger partial charge in [-0.3, -0.25) is 4.79 Å². The largest absolute Gasteiger partial charge is 0.497 e. The summed E-state index contributed by atoms with van der Waals surface area (Å²) in [6, 6.07) is 16.9. The second-order valence-corrected chi connectivity index (χ2v) is 6.51. The third-order valence-corrected chi connectivity index (χ3v) is 4.40. The van der Waals surface area contributed by atoms with Gasteiger partial charge in [0.2, 0.25) is 0 Å². The normalized spacial score (nSPS) is 11.8. The molecule has 5 nitrogen and oxygen atoms in total. The average molecular weight is 400 g/mol. The number of hydrogen-bond acceptors (Lipinski definition) is 3. The lowest BCUT2D eigenvalue weighted by atomic mass is 10.1. The summed E-state index contributed by atoms with van der Waals surface area (Å²) in [4.78, 5) is 12.4. The summed E-state index contributed by atoms with van der Waals surface area (Å²) in [7, 11) is 1.62. The van der Waals surface area contributed by atoms with Crippen LogP contribution in [0.15, 0.2) is 65.3 Å². The molecule has 0 spiro atoms. The van der Waals surface area contributed by atoms with E-state index in [4.69, 9.17) is 4.74 Å². The quantitative estimate of drug-likeness (QED) is 0.701. The molecule has 25 heavy (non-hydrogen) atoms. The molecule has 1 heterocycles. The highest BCUT2D eigenvalue weighted by Gasteiger charge is 2.14. The van der Waals surface area contributed by atoms with Crippen LogP contribution in [0.1, 0.15) is 29.0 Å². The van der Waals surface area contributed by atoms with Gasteiger partial charge in [0.15, 0.2) is 5.69 Å². The molecule has 128 valence electrons. The number of ether oxygens (including phenoxy) is 1. The number of nitrogens with zero attached hydrogens (tertiary/aromatic N) is 2. The summed E-state index contributed by atoms with van der Waals surface area (Å²) < 4.78 is 7.82. The molecule has 0 saturated heterocycles. The monoisotopic (exact) mass is 399 g/mol. The van der Waals surface area contributed by atoms with Gasteiger partial charge in [0, 0.05) is 10.7 Å². The summed E-state index contributed by atoms with van der Waals surface area (Å²) in [5, 5.41) is 7.32. The molecule has 1 aromatic heterocycles. The molecule has 1 N–H and O–H groups in total. The standard InChI is InChI=1S/C19H18BrN3O2/c1-13(14-3-5-15(20)6-4-14)21-19(24)18-11-12-23(22-18)16-7-9-17(25-2)10-8-16/h3-13H,1-2H3,(H,21,24). The molecular formula is C19H18BrN3O2. The maximum Gasteiger partial charge on any atom is 0.272 e. The van der Waals surface area contributed by atoms with Crippen molar-refractivity contribution in [3.8, 4) is 11.4 Å². The van der Waals surface area contributed by atoms with Gasteiger partial charge in [-0.25, -0.2) is 4.68 Å². The molecular weight excluding hydrogens is 382 g/mol. The van der Waals surface area contributed by atoms with Gasteiger partial charge < -0.3 is 10.1 Å². The fourth-order valence-electron chi connectivity index (χ4n) is 2.43. The minimum atomic E-state index is -0.206. The Hall–Kier alpha value is -2.60. The van der Waals surface area contributed by atoms with E-state index in [0.29, 0.717) is 5.69 Å². The first kappa shape index (κ1) is 17.2. The van der Waals surface area contributed by atoms with Crippen LogP contribution in [0.3, 0.4) is 0 Å². The fraction of sp³-hybridized carbons (Fsp3) is 0.158. The Labute approximate surface area is 154 Å². The number of aromatic nitrogens is 2. The number of amides is 1. The van der Waals surface area contributed by atoms with Crippen molar-refractivity contribution in [3.05, 3.63) is 76.5 Å². The van der Waals surface area contributed by atoms with Gasteiger partial charge >= 0.3 is 0 Å². The Balaban J connectivity index is 1.70. The van der Waals surface area contributed by atoms with Crippen molar-refractivity contribution in [2.24, 2.45) is 0 Å². The smallest absolute Gasteiger partial charge is 0.272 e. The van der Waals surface area contributed by atoms with Crippen LogP contribution in [0.25, 0.3) is 5.69 Å². The number of nitrogens with one attached hydrogen (secondary N) is 1. The Bertz CT molecular complexity index is 857. The maximum absolute atomic E-state index is 12.4. The molecule has 0 aliphatic rings. The molecule has 1 amide bonds. The van der Waals surface area contributed by atoms with Crippen LogP contribution in [0.4, 0.5) is 0 Å². The predicted octanol–water partition coefficient (Wildman–Crippen LogP) is 4.13. The highest BCUT2D eigenvalue weighted by molar-refractivity contribution is 9.10. The fourth-order valence-corrected chi connectivity index (χ4v) is 2.69. The molecule has 0 radical (unpaired) electrons. The van der Waals surface area contributed by atoms with Gasteiger partial charge in [0.1, 0.15) is 5.75 Å². The van der Waals surface area contributed by atoms with Crippen molar-refractivity contribution in [3.63, 3.8) is 0 Å². The zero-order valence-corrected chi connectivity index (χ0v) is 15.5. The maximum atomic E-state index is 12.4. The van der Waals surface area contributed by atoms with Crippen LogP contribution < -0.4 is 10.1 Å². The van der Waals surface area contributed by atoms with E-state index in [0.717, 1.165) is 21.5 Å². The van der Waals surface area contributed by atoms with Crippen LogP contribution >= 0.6 is 15.9 Å². The van der Waals surface area contributed by atoms with Gasteiger partial charge in [-0.1, -0.05) is 28.1 Å². The van der Waals surface area contributed by atoms with Crippen LogP contribution in [0.2, 0.25) is 0 Å². The van der Waals surface area contributed by atoms with Crippen molar-refractivity contribution < 1.29 is 9.53 Å². The van der Waals surface area contributed by atoms with E-state index in [-0.39, 0.29) is 11.9 Å². The number of benzene rings is 2. The Kier molecular flexibility index (Phi) is 5.19. The minimum Gasteiger partial charge on any atom is -0.497 e. The molecule has 2 aromatic carbocycles. The molecule has 0 bridgehead atoms. The number of rotatable bonds is 5. The highest BCUT2D eigenvalue weighted by Crippen LogP contribution is 2.17. The minimum absolute atomic E-state index is 0.105. The molecule has 1 unspecified atom stereocenters. The Morgan fingerprint density at radius 3 is 2.44 bits per heavy atom.